The molecule has 10 atom stereocenters. The predicted octanol–water partition coefficient (Wildman–Crippen LogP) is 7.26. The minimum atomic E-state index is -0.817. The molecule has 0 spiro atoms. The van der Waals surface area contributed by atoms with Crippen LogP contribution in [0, 0.1) is 46.3 Å². The van der Waals surface area contributed by atoms with Gasteiger partial charge in [0.2, 0.25) is 5.91 Å². The van der Waals surface area contributed by atoms with E-state index in [9.17, 15) is 24.6 Å². The molecule has 1 aliphatic heterocycles. The molecule has 2 amide bonds. The summed E-state index contributed by atoms with van der Waals surface area (Å²) in [7, 11) is 0. The normalized spacial score (nSPS) is 33.7. The van der Waals surface area contributed by atoms with Crippen molar-refractivity contribution < 1.29 is 34.1 Å². The van der Waals surface area contributed by atoms with Gasteiger partial charge in [0.05, 0.1) is 6.10 Å². The highest BCUT2D eigenvalue weighted by Crippen LogP contribution is 2.67. The number of esters is 1. The summed E-state index contributed by atoms with van der Waals surface area (Å²) < 4.78 is 11.1. The minimum Gasteiger partial charge on any atom is -0.508 e. The number of aromatic hydroxyl groups is 1. The summed E-state index contributed by atoms with van der Waals surface area (Å²) in [6.45, 7) is 19.5. The van der Waals surface area contributed by atoms with Crippen LogP contribution in [0.5, 0.6) is 5.75 Å². The highest BCUT2D eigenvalue weighted by Gasteiger charge is 2.63. The van der Waals surface area contributed by atoms with Crippen molar-refractivity contribution in [2.24, 2.45) is 46.3 Å². The Morgan fingerprint density at radius 1 is 0.940 bits per heavy atom. The zero-order valence-corrected chi connectivity index (χ0v) is 32.1. The summed E-state index contributed by atoms with van der Waals surface area (Å²) in [5, 5.41) is 24.6. The number of nitrogens with zero attached hydrogens (tertiary/aromatic N) is 1. The summed E-state index contributed by atoms with van der Waals surface area (Å²) in [5.74, 6) is 2.09. The second-order valence-corrected chi connectivity index (χ2v) is 18.7. The highest BCUT2D eigenvalue weighted by molar-refractivity contribution is 5.86. The predicted molar refractivity (Wildman–Crippen MR) is 193 cm³/mol. The third kappa shape index (κ3) is 8.29. The molecule has 50 heavy (non-hydrogen) atoms. The lowest BCUT2D eigenvalue weighted by atomic mass is 9.44. The fourth-order valence-electron chi connectivity index (χ4n) is 10.8. The molecule has 9 nitrogen and oxygen atoms in total. The van der Waals surface area contributed by atoms with Gasteiger partial charge >= 0.3 is 12.1 Å². The topological polar surface area (TPSA) is 125 Å². The van der Waals surface area contributed by atoms with E-state index in [4.69, 9.17) is 9.47 Å². The number of carbonyl (C=O) groups is 3. The highest BCUT2D eigenvalue weighted by atomic mass is 16.6. The summed E-state index contributed by atoms with van der Waals surface area (Å²) in [6.07, 6.45) is 6.53. The average Bonchev–Trinajstić information content (AvgIpc) is 3.36. The number of amides is 2. The lowest BCUT2D eigenvalue weighted by Crippen LogP contribution is -2.63. The number of hydrogen-bond donors (Lipinski definition) is 3. The number of alkyl carbamates (subject to hydrolysis) is 1. The quantitative estimate of drug-likeness (QED) is 0.244. The molecule has 1 aromatic rings. The number of carbonyl (C=O) groups excluding carboxylic acids is 3. The molecule has 1 heterocycles. The van der Waals surface area contributed by atoms with Gasteiger partial charge in [-0.15, -0.1) is 0 Å². The first-order valence-electron chi connectivity index (χ1n) is 19.2. The van der Waals surface area contributed by atoms with Crippen LogP contribution in [0.2, 0.25) is 0 Å². The monoisotopic (exact) mass is 696 g/mol. The van der Waals surface area contributed by atoms with Crippen molar-refractivity contribution in [3.63, 3.8) is 0 Å². The number of phenolic OH excluding ortho intramolecular Hbond substituents is 1. The summed E-state index contributed by atoms with van der Waals surface area (Å²) in [6, 6.07) is 5.89. The number of phenols is 1. The van der Waals surface area contributed by atoms with Crippen LogP contribution in [-0.4, -0.2) is 69.5 Å². The first kappa shape index (κ1) is 38.4. The summed E-state index contributed by atoms with van der Waals surface area (Å²) in [4.78, 5) is 41.5. The van der Waals surface area contributed by atoms with Crippen LogP contribution in [-0.2, 0) is 25.5 Å². The fraction of sp³-hybridized carbons (Fsp3) is 0.780. The maximum absolute atomic E-state index is 14.2. The van der Waals surface area contributed by atoms with Crippen molar-refractivity contribution >= 4 is 18.0 Å². The Morgan fingerprint density at radius 3 is 2.22 bits per heavy atom. The van der Waals surface area contributed by atoms with Gasteiger partial charge in [-0.1, -0.05) is 32.9 Å². The average molecular weight is 697 g/mol. The number of nitrogens with one attached hydrogen (secondary N) is 1. The number of likely N-dealkylation sites (tertiary alicyclic amines) is 1. The van der Waals surface area contributed by atoms with E-state index < -0.39 is 29.4 Å². The van der Waals surface area contributed by atoms with Crippen LogP contribution in [0.1, 0.15) is 119 Å². The van der Waals surface area contributed by atoms with Gasteiger partial charge in [-0.2, -0.15) is 0 Å². The zero-order chi connectivity index (χ0) is 36.8. The van der Waals surface area contributed by atoms with E-state index in [0.29, 0.717) is 49.6 Å². The van der Waals surface area contributed by atoms with Gasteiger partial charge in [-0.05, 0) is 151 Å². The first-order chi connectivity index (χ1) is 23.2. The van der Waals surface area contributed by atoms with E-state index in [2.05, 4.69) is 26.1 Å². The molecular formula is C41H64N2O7. The molecule has 3 N–H and O–H groups in total. The SMILES string of the molecule is C[C@H](CCC(=O)OC(C)(C)C)[C@H]1CC[C@H]2[C@@H]3[C@@H](O)C[C@@H]4CN(C(=O)[C@H](Cc5ccc(O)cc5)NC(=O)OC(C)(C)C)CC[C@]4(C)[C@H]3CC[C@]12C. The molecule has 4 aliphatic rings. The number of aliphatic hydroxyl groups excluding tert-OH is 1. The lowest BCUT2D eigenvalue weighted by molar-refractivity contribution is -0.176. The number of fused-ring (bicyclic) bond motifs is 5. The Bertz CT molecular complexity index is 1380. The van der Waals surface area contributed by atoms with Crippen LogP contribution >= 0.6 is 0 Å². The Hall–Kier alpha value is -2.81. The molecule has 5 rings (SSSR count). The van der Waals surface area contributed by atoms with Gasteiger partial charge < -0.3 is 29.9 Å². The Kier molecular flexibility index (Phi) is 11.0. The Balaban J connectivity index is 1.27. The minimum absolute atomic E-state index is 0.0213. The van der Waals surface area contributed by atoms with Gasteiger partial charge in [-0.25, -0.2) is 4.79 Å². The van der Waals surface area contributed by atoms with E-state index in [1.165, 1.54) is 0 Å². The molecular weight excluding hydrogens is 632 g/mol. The van der Waals surface area contributed by atoms with Crippen molar-refractivity contribution in [1.29, 1.82) is 0 Å². The molecule has 1 aromatic carbocycles. The second-order valence-electron chi connectivity index (χ2n) is 18.7. The van der Waals surface area contributed by atoms with E-state index >= 15 is 0 Å². The third-order valence-electron chi connectivity index (χ3n) is 13.1. The molecule has 3 aliphatic carbocycles. The third-order valence-corrected chi connectivity index (χ3v) is 13.1. The van der Waals surface area contributed by atoms with E-state index in [1.54, 1.807) is 45.0 Å². The van der Waals surface area contributed by atoms with E-state index in [-0.39, 0.29) is 46.7 Å². The van der Waals surface area contributed by atoms with Crippen molar-refractivity contribution in [1.82, 2.24) is 10.2 Å². The number of rotatable bonds is 8. The lowest BCUT2D eigenvalue weighted by Gasteiger charge is -2.63. The standard InChI is InChI=1S/C41H64N2O7/c1-25(10-17-34(46)49-38(2,3)4)29-15-16-30-35-31(18-19-41(29,30)9)40(8)20-21-43(24-27(40)23-33(35)45)36(47)32(42-37(48)50-39(5,6)7)22-26-11-13-28(44)14-12-26/h11-14,25,27,29-33,35,44-45H,10,15-24H2,1-9H3,(H,42,48)/t25-,27-,29-,30+,31+,32+,33+,35+,40+,41-/m1/s1. The van der Waals surface area contributed by atoms with Crippen molar-refractivity contribution in [3.8, 4) is 5.75 Å². The van der Waals surface area contributed by atoms with Crippen molar-refractivity contribution in [3.05, 3.63) is 29.8 Å². The number of ether oxygens (including phenoxy) is 2. The van der Waals surface area contributed by atoms with Crippen molar-refractivity contribution in [2.75, 3.05) is 13.1 Å². The van der Waals surface area contributed by atoms with E-state index in [0.717, 1.165) is 44.1 Å². The molecule has 3 saturated carbocycles. The smallest absolute Gasteiger partial charge is 0.408 e. The molecule has 1 saturated heterocycles. The van der Waals surface area contributed by atoms with Gasteiger partial charge in [-0.3, -0.25) is 9.59 Å². The largest absolute Gasteiger partial charge is 0.508 e. The number of benzene rings is 1. The molecule has 0 aromatic heterocycles. The molecule has 9 heteroatoms. The number of aliphatic hydroxyl groups is 1. The number of piperidine rings is 1. The van der Waals surface area contributed by atoms with Crippen LogP contribution < -0.4 is 5.32 Å². The van der Waals surface area contributed by atoms with Crippen LogP contribution in [0.15, 0.2) is 24.3 Å². The Morgan fingerprint density at radius 2 is 1.58 bits per heavy atom. The molecule has 0 radical (unpaired) electrons. The van der Waals surface area contributed by atoms with Crippen molar-refractivity contribution in [2.45, 2.75) is 143 Å². The molecule has 0 bridgehead atoms. The Labute approximate surface area is 300 Å². The molecule has 280 valence electrons. The van der Waals surface area contributed by atoms with E-state index in [1.807, 2.05) is 25.7 Å². The van der Waals surface area contributed by atoms with Gasteiger partial charge in [0.25, 0.3) is 0 Å². The summed E-state index contributed by atoms with van der Waals surface area (Å²) in [5.41, 5.74) is -0.179. The maximum atomic E-state index is 14.2. The molecule has 0 unspecified atom stereocenters. The zero-order valence-electron chi connectivity index (χ0n) is 32.1. The number of hydrogen-bond acceptors (Lipinski definition) is 7. The summed E-state index contributed by atoms with van der Waals surface area (Å²) >= 11 is 0. The van der Waals surface area contributed by atoms with Crippen LogP contribution in [0.3, 0.4) is 0 Å². The van der Waals surface area contributed by atoms with Gasteiger partial charge in [0, 0.05) is 25.9 Å². The fourth-order valence-corrected chi connectivity index (χ4v) is 10.8. The second kappa shape index (κ2) is 14.3. The van der Waals surface area contributed by atoms with Gasteiger partial charge in [0.1, 0.15) is 23.0 Å². The van der Waals surface area contributed by atoms with Gasteiger partial charge in [0.15, 0.2) is 0 Å². The maximum Gasteiger partial charge on any atom is 0.408 e. The molecule has 4 fully saturated rings. The van der Waals surface area contributed by atoms with Crippen LogP contribution in [0.25, 0.3) is 0 Å². The first-order valence-corrected chi connectivity index (χ1v) is 19.2. The van der Waals surface area contributed by atoms with Crippen LogP contribution in [0.4, 0.5) is 4.79 Å².